The molecular weight excluding hydrogens is 425 g/mol. The molecule has 0 spiro atoms. The second-order valence-electron chi connectivity index (χ2n) is 6.94. The molecule has 0 radical (unpaired) electrons. The third-order valence-electron chi connectivity index (χ3n) is 5.10. The Hall–Kier alpha value is -3.08. The lowest BCUT2D eigenvalue weighted by Gasteiger charge is -2.29. The van der Waals surface area contributed by atoms with Gasteiger partial charge in [-0.25, -0.2) is 14.8 Å². The number of hydrogen-bond donors (Lipinski definition) is 3. The Labute approximate surface area is 173 Å². The number of rotatable bonds is 5. The van der Waals surface area contributed by atoms with Crippen molar-refractivity contribution in [3.05, 3.63) is 53.5 Å². The summed E-state index contributed by atoms with van der Waals surface area (Å²) in [6.07, 6.45) is 6.69. The summed E-state index contributed by atoms with van der Waals surface area (Å²) in [4.78, 5) is 32.9. The van der Waals surface area contributed by atoms with Crippen LogP contribution in [-0.2, 0) is 4.79 Å². The van der Waals surface area contributed by atoms with Gasteiger partial charge in [0.2, 0.25) is 5.95 Å². The van der Waals surface area contributed by atoms with Gasteiger partial charge in [0.15, 0.2) is 0 Å². The summed E-state index contributed by atoms with van der Waals surface area (Å²) in [5, 5.41) is 6.92. The van der Waals surface area contributed by atoms with Gasteiger partial charge in [0.05, 0.1) is 23.5 Å². The molecule has 0 saturated carbocycles. The van der Waals surface area contributed by atoms with Crippen LogP contribution in [0, 0.1) is 5.92 Å². The van der Waals surface area contributed by atoms with Gasteiger partial charge in [0, 0.05) is 12.5 Å². The van der Waals surface area contributed by atoms with Crippen LogP contribution in [0.2, 0.25) is 5.02 Å². The summed E-state index contributed by atoms with van der Waals surface area (Å²) < 4.78 is 41.7. The Morgan fingerprint density at radius 1 is 1.20 bits per heavy atom. The Morgan fingerprint density at radius 2 is 1.90 bits per heavy atom. The van der Waals surface area contributed by atoms with E-state index in [9.17, 15) is 22.8 Å². The highest BCUT2D eigenvalue weighted by atomic mass is 35.5. The maximum absolute atomic E-state index is 13.9. The number of allylic oxidation sites excluding steroid dienone is 2. The molecule has 3 N–H and O–H groups in total. The van der Waals surface area contributed by atoms with Gasteiger partial charge in [-0.3, -0.25) is 15.0 Å². The molecule has 1 aromatic rings. The number of aromatic nitrogens is 2. The van der Waals surface area contributed by atoms with Crippen molar-refractivity contribution in [2.45, 2.75) is 24.3 Å². The summed E-state index contributed by atoms with van der Waals surface area (Å²) in [5.41, 5.74) is -2.48. The molecule has 0 bridgehead atoms. The van der Waals surface area contributed by atoms with Crippen molar-refractivity contribution in [3.8, 4) is 0 Å². The van der Waals surface area contributed by atoms with Crippen molar-refractivity contribution in [2.75, 3.05) is 11.9 Å². The van der Waals surface area contributed by atoms with E-state index >= 15 is 0 Å². The standard InChI is InChI=1S/C18H16ClF3N6O2/c19-11-8-24-15(25-9-11)26-17(18(20,21)22)14(29)28(16(30)27-17)6-5-10-7-23-13-4-2-1-3-12(10)13/h1-4,7-9,12-13,23H,5-6H2,(H,27,30)(H,24,25,26)/t12-,13+,17-/m1/s1. The second-order valence-corrected chi connectivity index (χ2v) is 7.38. The van der Waals surface area contributed by atoms with Gasteiger partial charge in [0.25, 0.3) is 11.6 Å². The summed E-state index contributed by atoms with van der Waals surface area (Å²) in [6, 6.07) is -1.09. The SMILES string of the molecule is O=C1N[C@@](Nc2ncc(Cl)cn2)(C(F)(F)F)C(=O)N1CCC1=CN[C@H]2C=CC=C[C@H]12. The van der Waals surface area contributed by atoms with E-state index in [4.69, 9.17) is 11.6 Å². The zero-order valence-corrected chi connectivity index (χ0v) is 16.0. The van der Waals surface area contributed by atoms with Crippen LogP contribution in [-0.4, -0.2) is 51.2 Å². The highest BCUT2D eigenvalue weighted by Gasteiger charge is 2.68. The van der Waals surface area contributed by atoms with Crippen LogP contribution in [0.1, 0.15) is 6.42 Å². The second kappa shape index (κ2) is 7.31. The number of halogens is 4. The molecule has 2 aliphatic heterocycles. The minimum Gasteiger partial charge on any atom is -0.384 e. The first-order valence-electron chi connectivity index (χ1n) is 8.98. The minimum atomic E-state index is -5.15. The summed E-state index contributed by atoms with van der Waals surface area (Å²) in [5.74, 6) is -1.94. The maximum Gasteiger partial charge on any atom is 0.440 e. The lowest BCUT2D eigenvalue weighted by Crippen LogP contribution is -2.64. The fourth-order valence-corrected chi connectivity index (χ4v) is 3.67. The third-order valence-corrected chi connectivity index (χ3v) is 5.29. The van der Waals surface area contributed by atoms with Crippen LogP contribution in [0.5, 0.6) is 0 Å². The first-order chi connectivity index (χ1) is 14.2. The first kappa shape index (κ1) is 20.2. The smallest absolute Gasteiger partial charge is 0.384 e. The molecule has 1 saturated heterocycles. The maximum atomic E-state index is 13.9. The molecule has 0 unspecified atom stereocenters. The topological polar surface area (TPSA) is 99.2 Å². The zero-order chi connectivity index (χ0) is 21.5. The molecule has 158 valence electrons. The molecule has 3 heterocycles. The zero-order valence-electron chi connectivity index (χ0n) is 15.3. The fraction of sp³-hybridized carbons (Fsp3) is 0.333. The van der Waals surface area contributed by atoms with E-state index in [-0.39, 0.29) is 29.9 Å². The van der Waals surface area contributed by atoms with Gasteiger partial charge in [-0.15, -0.1) is 0 Å². The molecule has 1 aromatic heterocycles. The lowest BCUT2D eigenvalue weighted by molar-refractivity contribution is -0.188. The van der Waals surface area contributed by atoms with E-state index in [1.54, 1.807) is 11.5 Å². The van der Waals surface area contributed by atoms with Crippen molar-refractivity contribution in [3.63, 3.8) is 0 Å². The predicted molar refractivity (Wildman–Crippen MR) is 101 cm³/mol. The number of nitrogens with one attached hydrogen (secondary N) is 3. The highest BCUT2D eigenvalue weighted by molar-refractivity contribution is 6.30. The number of imide groups is 1. The molecule has 4 rings (SSSR count). The minimum absolute atomic E-state index is 0.0312. The number of alkyl halides is 3. The molecule has 3 amide bonds. The van der Waals surface area contributed by atoms with Gasteiger partial charge in [-0.05, 0) is 18.2 Å². The number of fused-ring (bicyclic) bond motifs is 1. The first-order valence-corrected chi connectivity index (χ1v) is 9.35. The summed E-state index contributed by atoms with van der Waals surface area (Å²) >= 11 is 5.64. The number of carbonyl (C=O) groups excluding carboxylic acids is 2. The van der Waals surface area contributed by atoms with Gasteiger partial charge >= 0.3 is 12.2 Å². The molecule has 12 heteroatoms. The Bertz CT molecular complexity index is 962. The van der Waals surface area contributed by atoms with Gasteiger partial charge < -0.3 is 10.6 Å². The van der Waals surface area contributed by atoms with Gasteiger partial charge in [0.1, 0.15) is 0 Å². The largest absolute Gasteiger partial charge is 0.440 e. The molecular formula is C18H16ClF3N6O2. The predicted octanol–water partition coefficient (Wildman–Crippen LogP) is 2.34. The van der Waals surface area contributed by atoms with Crippen LogP contribution in [0.3, 0.4) is 0 Å². The number of urea groups is 1. The van der Waals surface area contributed by atoms with E-state index in [0.29, 0.717) is 4.90 Å². The van der Waals surface area contributed by atoms with E-state index in [0.717, 1.165) is 18.0 Å². The number of anilines is 1. The monoisotopic (exact) mass is 440 g/mol. The molecule has 30 heavy (non-hydrogen) atoms. The third kappa shape index (κ3) is 3.38. The summed E-state index contributed by atoms with van der Waals surface area (Å²) in [7, 11) is 0. The van der Waals surface area contributed by atoms with Crippen molar-refractivity contribution >= 4 is 29.5 Å². The van der Waals surface area contributed by atoms with E-state index < -0.39 is 29.7 Å². The van der Waals surface area contributed by atoms with Crippen LogP contribution < -0.4 is 16.0 Å². The highest BCUT2D eigenvalue weighted by Crippen LogP contribution is 2.37. The number of amides is 3. The van der Waals surface area contributed by atoms with Crippen LogP contribution in [0.15, 0.2) is 48.5 Å². The van der Waals surface area contributed by atoms with Gasteiger partial charge in [-0.2, -0.15) is 13.2 Å². The van der Waals surface area contributed by atoms with Crippen molar-refractivity contribution < 1.29 is 22.8 Å². The quantitative estimate of drug-likeness (QED) is 0.608. The van der Waals surface area contributed by atoms with Crippen LogP contribution in [0.4, 0.5) is 23.9 Å². The van der Waals surface area contributed by atoms with Crippen LogP contribution >= 0.6 is 11.6 Å². The van der Waals surface area contributed by atoms with E-state index in [1.807, 2.05) is 29.6 Å². The molecule has 0 aromatic carbocycles. The number of carbonyl (C=O) groups is 2. The molecule has 3 aliphatic rings. The summed E-state index contributed by atoms with van der Waals surface area (Å²) in [6.45, 7) is -0.208. The number of hydrogen-bond acceptors (Lipinski definition) is 6. The Morgan fingerprint density at radius 3 is 2.60 bits per heavy atom. The molecule has 3 atom stereocenters. The van der Waals surface area contributed by atoms with Gasteiger partial charge in [-0.1, -0.05) is 35.9 Å². The van der Waals surface area contributed by atoms with Crippen molar-refractivity contribution in [2.24, 2.45) is 5.92 Å². The lowest BCUT2D eigenvalue weighted by atomic mass is 9.90. The Kier molecular flexibility index (Phi) is 4.92. The number of nitrogens with zero attached hydrogens (tertiary/aromatic N) is 3. The van der Waals surface area contributed by atoms with Crippen LogP contribution in [0.25, 0.3) is 0 Å². The van der Waals surface area contributed by atoms with E-state index in [1.165, 1.54) is 0 Å². The molecule has 1 aliphatic carbocycles. The average molecular weight is 441 g/mol. The fourth-order valence-electron chi connectivity index (χ4n) is 3.57. The molecule has 1 fully saturated rings. The van der Waals surface area contributed by atoms with Crippen molar-refractivity contribution in [1.29, 1.82) is 0 Å². The Balaban J connectivity index is 1.52. The average Bonchev–Trinajstić information content (AvgIpc) is 3.21. The molecule has 8 nitrogen and oxygen atoms in total. The normalized spacial score (nSPS) is 27.6. The van der Waals surface area contributed by atoms with E-state index in [2.05, 4.69) is 15.3 Å². The van der Waals surface area contributed by atoms with Crippen molar-refractivity contribution in [1.82, 2.24) is 25.5 Å².